The first kappa shape index (κ1) is 14.3. The molecule has 0 aliphatic heterocycles. The highest BCUT2D eigenvalue weighted by Crippen LogP contribution is 2.29. The zero-order valence-corrected chi connectivity index (χ0v) is 12.7. The highest BCUT2D eigenvalue weighted by molar-refractivity contribution is 5.80. The van der Waals surface area contributed by atoms with Crippen LogP contribution in [-0.2, 0) is 0 Å². The molecule has 0 radical (unpaired) electrons. The quantitative estimate of drug-likeness (QED) is 0.726. The van der Waals surface area contributed by atoms with E-state index in [2.05, 4.69) is 5.10 Å². The first-order chi connectivity index (χ1) is 10.7. The van der Waals surface area contributed by atoms with Crippen molar-refractivity contribution in [3.8, 4) is 22.4 Å². The van der Waals surface area contributed by atoms with Gasteiger partial charge in [-0.25, -0.2) is 4.68 Å². The van der Waals surface area contributed by atoms with Crippen molar-refractivity contribution in [2.75, 3.05) is 0 Å². The molecule has 3 nitrogen and oxygen atoms in total. The summed E-state index contributed by atoms with van der Waals surface area (Å²) < 4.78 is 1.54. The second-order valence-electron chi connectivity index (χ2n) is 5.52. The Labute approximate surface area is 129 Å². The van der Waals surface area contributed by atoms with Crippen LogP contribution in [0, 0.1) is 0 Å². The Bertz CT molecular complexity index is 821. The van der Waals surface area contributed by atoms with Gasteiger partial charge in [0.05, 0.1) is 11.7 Å². The van der Waals surface area contributed by atoms with E-state index in [4.69, 9.17) is 0 Å². The Balaban J connectivity index is 2.29. The van der Waals surface area contributed by atoms with Gasteiger partial charge in [0.2, 0.25) is 0 Å². The number of hydrogen-bond donors (Lipinski definition) is 0. The fourth-order valence-corrected chi connectivity index (χ4v) is 2.49. The second kappa shape index (κ2) is 5.98. The lowest BCUT2D eigenvalue weighted by molar-refractivity contribution is 0.505. The van der Waals surface area contributed by atoms with Crippen molar-refractivity contribution in [1.82, 2.24) is 9.78 Å². The van der Waals surface area contributed by atoms with E-state index >= 15 is 0 Å². The van der Waals surface area contributed by atoms with Gasteiger partial charge in [0.15, 0.2) is 0 Å². The molecule has 0 N–H and O–H groups in total. The largest absolute Gasteiger partial charge is 0.268 e. The van der Waals surface area contributed by atoms with Crippen molar-refractivity contribution in [3.63, 3.8) is 0 Å². The van der Waals surface area contributed by atoms with Crippen molar-refractivity contribution >= 4 is 0 Å². The van der Waals surface area contributed by atoms with E-state index < -0.39 is 0 Å². The minimum atomic E-state index is -0.0754. The molecule has 110 valence electrons. The molecule has 0 aliphatic carbocycles. The summed E-state index contributed by atoms with van der Waals surface area (Å²) in [5.41, 5.74) is 3.64. The van der Waals surface area contributed by atoms with Gasteiger partial charge in [-0.15, -0.1) is 0 Å². The zero-order chi connectivity index (χ0) is 15.5. The van der Waals surface area contributed by atoms with Crippen LogP contribution in [0.1, 0.15) is 19.9 Å². The van der Waals surface area contributed by atoms with E-state index in [1.165, 1.54) is 4.68 Å². The average Bonchev–Trinajstić information content (AvgIpc) is 2.56. The molecule has 1 aromatic heterocycles. The lowest BCUT2D eigenvalue weighted by atomic mass is 10.00. The summed E-state index contributed by atoms with van der Waals surface area (Å²) in [6.07, 6.45) is 0. The fraction of sp³-hybridized carbons (Fsp3) is 0.158. The van der Waals surface area contributed by atoms with Crippen molar-refractivity contribution in [2.45, 2.75) is 19.9 Å². The van der Waals surface area contributed by atoms with Gasteiger partial charge in [0.1, 0.15) is 0 Å². The Hall–Kier alpha value is -2.68. The summed E-state index contributed by atoms with van der Waals surface area (Å²) in [5, 5.41) is 4.62. The number of nitrogens with zero attached hydrogens (tertiary/aromatic N) is 2. The molecule has 0 spiro atoms. The predicted octanol–water partition coefficient (Wildman–Crippen LogP) is 4.16. The normalized spacial score (nSPS) is 10.9. The van der Waals surface area contributed by atoms with Gasteiger partial charge in [-0.05, 0) is 19.4 Å². The molecule has 0 aliphatic rings. The predicted molar refractivity (Wildman–Crippen MR) is 89.8 cm³/mol. The molecular weight excluding hydrogens is 272 g/mol. The van der Waals surface area contributed by atoms with Crippen molar-refractivity contribution in [1.29, 1.82) is 0 Å². The van der Waals surface area contributed by atoms with Crippen molar-refractivity contribution in [3.05, 3.63) is 77.1 Å². The second-order valence-corrected chi connectivity index (χ2v) is 5.52. The standard InChI is InChI=1S/C19H18N2O/c1-14(2)21-18(22)13-17(15-9-5-3-6-10-15)19(20-21)16-11-7-4-8-12-16/h3-14H,1-2H3. The van der Waals surface area contributed by atoms with E-state index in [0.29, 0.717) is 0 Å². The summed E-state index contributed by atoms with van der Waals surface area (Å²) in [6.45, 7) is 3.93. The molecular formula is C19H18N2O. The molecule has 0 atom stereocenters. The molecule has 3 aromatic rings. The highest BCUT2D eigenvalue weighted by atomic mass is 16.1. The lowest BCUT2D eigenvalue weighted by Crippen LogP contribution is -2.24. The van der Waals surface area contributed by atoms with Crippen LogP contribution in [0.4, 0.5) is 0 Å². The third kappa shape index (κ3) is 2.70. The third-order valence-electron chi connectivity index (χ3n) is 3.58. The van der Waals surface area contributed by atoms with Gasteiger partial charge >= 0.3 is 0 Å². The van der Waals surface area contributed by atoms with Crippen LogP contribution in [0.5, 0.6) is 0 Å². The van der Waals surface area contributed by atoms with Gasteiger partial charge in [-0.1, -0.05) is 60.7 Å². The van der Waals surface area contributed by atoms with Gasteiger partial charge in [0, 0.05) is 17.2 Å². The highest BCUT2D eigenvalue weighted by Gasteiger charge is 2.13. The third-order valence-corrected chi connectivity index (χ3v) is 3.58. The maximum absolute atomic E-state index is 12.3. The maximum Gasteiger partial charge on any atom is 0.267 e. The molecule has 0 amide bonds. The monoisotopic (exact) mass is 290 g/mol. The minimum Gasteiger partial charge on any atom is -0.268 e. The Morgan fingerprint density at radius 1 is 0.864 bits per heavy atom. The number of aromatic nitrogens is 2. The molecule has 3 rings (SSSR count). The minimum absolute atomic E-state index is 0.0276. The van der Waals surface area contributed by atoms with Gasteiger partial charge in [-0.3, -0.25) is 4.79 Å². The van der Waals surface area contributed by atoms with Crippen LogP contribution in [0.25, 0.3) is 22.4 Å². The van der Waals surface area contributed by atoms with E-state index in [-0.39, 0.29) is 11.6 Å². The first-order valence-electron chi connectivity index (χ1n) is 7.41. The topological polar surface area (TPSA) is 34.9 Å². The van der Waals surface area contributed by atoms with E-state index in [1.807, 2.05) is 74.5 Å². The van der Waals surface area contributed by atoms with E-state index in [1.54, 1.807) is 6.07 Å². The van der Waals surface area contributed by atoms with Crippen molar-refractivity contribution < 1.29 is 0 Å². The number of hydrogen-bond acceptors (Lipinski definition) is 2. The first-order valence-corrected chi connectivity index (χ1v) is 7.41. The number of rotatable bonds is 3. The molecule has 0 unspecified atom stereocenters. The summed E-state index contributed by atoms with van der Waals surface area (Å²) >= 11 is 0. The molecule has 0 fully saturated rings. The smallest absolute Gasteiger partial charge is 0.267 e. The molecule has 22 heavy (non-hydrogen) atoms. The summed E-state index contributed by atoms with van der Waals surface area (Å²) in [6, 6.07) is 21.6. The van der Waals surface area contributed by atoms with Crippen LogP contribution in [0.3, 0.4) is 0 Å². The molecule has 3 heteroatoms. The molecule has 0 saturated heterocycles. The molecule has 0 saturated carbocycles. The Kier molecular flexibility index (Phi) is 3.88. The Morgan fingerprint density at radius 2 is 1.41 bits per heavy atom. The van der Waals surface area contributed by atoms with E-state index in [9.17, 15) is 4.79 Å². The average molecular weight is 290 g/mol. The van der Waals surface area contributed by atoms with E-state index in [0.717, 1.165) is 22.4 Å². The maximum atomic E-state index is 12.3. The molecule has 2 aromatic carbocycles. The van der Waals surface area contributed by atoms with Crippen LogP contribution >= 0.6 is 0 Å². The van der Waals surface area contributed by atoms with Crippen LogP contribution in [0.15, 0.2) is 71.5 Å². The fourth-order valence-electron chi connectivity index (χ4n) is 2.49. The van der Waals surface area contributed by atoms with Gasteiger partial charge in [0.25, 0.3) is 5.56 Å². The van der Waals surface area contributed by atoms with Crippen LogP contribution < -0.4 is 5.56 Å². The summed E-state index contributed by atoms with van der Waals surface area (Å²) in [7, 11) is 0. The van der Waals surface area contributed by atoms with Gasteiger partial charge < -0.3 is 0 Å². The van der Waals surface area contributed by atoms with Crippen LogP contribution in [-0.4, -0.2) is 9.78 Å². The van der Waals surface area contributed by atoms with Crippen molar-refractivity contribution in [2.24, 2.45) is 0 Å². The zero-order valence-electron chi connectivity index (χ0n) is 12.7. The lowest BCUT2D eigenvalue weighted by Gasteiger charge is -2.14. The summed E-state index contributed by atoms with van der Waals surface area (Å²) in [5.74, 6) is 0. The molecule has 1 heterocycles. The Morgan fingerprint density at radius 3 is 1.95 bits per heavy atom. The van der Waals surface area contributed by atoms with Crippen LogP contribution in [0.2, 0.25) is 0 Å². The number of benzene rings is 2. The molecule has 0 bridgehead atoms. The SMILES string of the molecule is CC(C)n1nc(-c2ccccc2)c(-c2ccccc2)cc1=O. The van der Waals surface area contributed by atoms with Gasteiger partial charge in [-0.2, -0.15) is 5.10 Å². The summed E-state index contributed by atoms with van der Waals surface area (Å²) in [4.78, 5) is 12.3.